The number of halogens is 5. The lowest BCUT2D eigenvalue weighted by Crippen LogP contribution is -2.38. The van der Waals surface area contributed by atoms with Gasteiger partial charge in [0.25, 0.3) is 0 Å². The van der Waals surface area contributed by atoms with Crippen LogP contribution in [0.15, 0.2) is 24.5 Å². The number of carbonyl (C=O) groups is 1. The lowest BCUT2D eigenvalue weighted by Gasteiger charge is -2.32. The Balaban J connectivity index is 1.41. The Hall–Kier alpha value is -3.43. The molecule has 0 aliphatic carbocycles. The molecule has 3 aromatic rings. The van der Waals surface area contributed by atoms with Gasteiger partial charge in [0.05, 0.1) is 17.4 Å². The summed E-state index contributed by atoms with van der Waals surface area (Å²) in [6, 6.07) is 2.58. The first-order valence-corrected chi connectivity index (χ1v) is 14.3. The zero-order valence-corrected chi connectivity index (χ0v) is 23.4. The highest BCUT2D eigenvalue weighted by molar-refractivity contribution is 7.16. The number of carboxylic acids is 1. The SMILES string of the molecule is C[C@@H]1CCCN1Cc1sc(Nc2ncnc(N3CCC(OCC(=O)O)CC3)c2F)nc1-c1cc(F)cc(C(F)(F)F)c1. The average molecular weight is 613 g/mol. The van der Waals surface area contributed by atoms with E-state index in [2.05, 4.69) is 32.1 Å². The van der Waals surface area contributed by atoms with Crippen molar-refractivity contribution in [1.82, 2.24) is 19.9 Å². The van der Waals surface area contributed by atoms with E-state index in [1.54, 1.807) is 4.90 Å². The number of anilines is 3. The maximum Gasteiger partial charge on any atom is 0.416 e. The molecule has 5 rings (SSSR count). The van der Waals surface area contributed by atoms with Gasteiger partial charge in [-0.3, -0.25) is 4.90 Å². The summed E-state index contributed by atoms with van der Waals surface area (Å²) < 4.78 is 75.7. The second-order valence-electron chi connectivity index (χ2n) is 10.4. The highest BCUT2D eigenvalue weighted by Crippen LogP contribution is 2.39. The number of aromatic nitrogens is 3. The first kappa shape index (κ1) is 30.0. The molecule has 2 fully saturated rings. The van der Waals surface area contributed by atoms with Gasteiger partial charge in [0.15, 0.2) is 16.8 Å². The molecule has 0 saturated carbocycles. The highest BCUT2D eigenvalue weighted by atomic mass is 32.1. The summed E-state index contributed by atoms with van der Waals surface area (Å²) >= 11 is 1.14. The van der Waals surface area contributed by atoms with Crippen LogP contribution >= 0.6 is 11.3 Å². The van der Waals surface area contributed by atoms with E-state index in [1.807, 2.05) is 0 Å². The summed E-state index contributed by atoms with van der Waals surface area (Å²) in [5, 5.41) is 11.8. The maximum atomic E-state index is 15.6. The van der Waals surface area contributed by atoms with E-state index in [9.17, 15) is 22.4 Å². The van der Waals surface area contributed by atoms with Gasteiger partial charge in [-0.2, -0.15) is 17.6 Å². The summed E-state index contributed by atoms with van der Waals surface area (Å²) in [6.07, 6.45) is -0.869. The smallest absolute Gasteiger partial charge is 0.416 e. The highest BCUT2D eigenvalue weighted by Gasteiger charge is 2.33. The van der Waals surface area contributed by atoms with Crippen LogP contribution in [0.25, 0.3) is 11.3 Å². The maximum absolute atomic E-state index is 15.6. The van der Waals surface area contributed by atoms with E-state index in [0.29, 0.717) is 43.4 Å². The fraction of sp³-hybridized carbons (Fsp3) is 0.481. The number of ether oxygens (including phenoxy) is 1. The Kier molecular flexibility index (Phi) is 8.89. The standard InChI is InChI=1S/C27H29F5N6O3S/c1-15-3-2-6-38(15)12-20-23(16-9-17(27(30,31)32)11-18(28)10-16)35-26(42-20)36-24-22(29)25(34-14-33-24)37-7-4-19(5-8-37)41-13-21(39)40/h9-11,14-15,19H,2-8,12-13H2,1H3,(H,39,40)(H,33,34,35,36)/t15-/m1/s1. The van der Waals surface area contributed by atoms with Gasteiger partial charge < -0.3 is 20.1 Å². The Morgan fingerprint density at radius 2 is 1.90 bits per heavy atom. The van der Waals surface area contributed by atoms with Gasteiger partial charge in [-0.05, 0) is 57.4 Å². The molecule has 2 aromatic heterocycles. The third-order valence-electron chi connectivity index (χ3n) is 7.41. The van der Waals surface area contributed by atoms with Crippen LogP contribution in [0.1, 0.15) is 43.0 Å². The van der Waals surface area contributed by atoms with Crippen molar-refractivity contribution in [3.8, 4) is 11.3 Å². The van der Waals surface area contributed by atoms with Gasteiger partial charge in [0.2, 0.25) is 5.82 Å². The number of rotatable bonds is 9. The molecule has 0 unspecified atom stereocenters. The van der Waals surface area contributed by atoms with Gasteiger partial charge in [0, 0.05) is 36.1 Å². The minimum atomic E-state index is -4.74. The van der Waals surface area contributed by atoms with Gasteiger partial charge >= 0.3 is 12.1 Å². The summed E-state index contributed by atoms with van der Waals surface area (Å²) in [5.74, 6) is -2.95. The molecule has 226 valence electrons. The number of carboxylic acid groups (broad SMARTS) is 1. The Labute approximate surface area is 242 Å². The second-order valence-corrected chi connectivity index (χ2v) is 11.4. The van der Waals surface area contributed by atoms with Crippen molar-refractivity contribution in [3.63, 3.8) is 0 Å². The van der Waals surface area contributed by atoms with Gasteiger partial charge in [-0.15, -0.1) is 0 Å². The van der Waals surface area contributed by atoms with Crippen molar-refractivity contribution in [1.29, 1.82) is 0 Å². The quantitative estimate of drug-likeness (QED) is 0.295. The van der Waals surface area contributed by atoms with Crippen LogP contribution in [0, 0.1) is 11.6 Å². The first-order valence-electron chi connectivity index (χ1n) is 13.5. The lowest BCUT2D eigenvalue weighted by molar-refractivity contribution is -0.144. The van der Waals surface area contributed by atoms with Crippen molar-refractivity contribution < 1.29 is 36.6 Å². The molecule has 9 nitrogen and oxygen atoms in total. The van der Waals surface area contributed by atoms with E-state index < -0.39 is 36.0 Å². The molecule has 15 heteroatoms. The normalized spacial score (nSPS) is 18.5. The summed E-state index contributed by atoms with van der Waals surface area (Å²) in [5.41, 5.74) is -0.959. The van der Waals surface area contributed by atoms with E-state index in [4.69, 9.17) is 9.84 Å². The number of nitrogens with one attached hydrogen (secondary N) is 1. The summed E-state index contributed by atoms with van der Waals surface area (Å²) in [7, 11) is 0. The molecule has 0 spiro atoms. The molecule has 0 radical (unpaired) electrons. The average Bonchev–Trinajstić information content (AvgIpc) is 3.53. The fourth-order valence-corrected chi connectivity index (χ4v) is 6.24. The van der Waals surface area contributed by atoms with Crippen molar-refractivity contribution in [3.05, 3.63) is 46.6 Å². The zero-order valence-electron chi connectivity index (χ0n) is 22.6. The largest absolute Gasteiger partial charge is 0.480 e. The molecule has 2 N–H and O–H groups in total. The molecular weight excluding hydrogens is 583 g/mol. The van der Waals surface area contributed by atoms with Crippen LogP contribution < -0.4 is 10.2 Å². The van der Waals surface area contributed by atoms with E-state index in [1.165, 1.54) is 6.33 Å². The van der Waals surface area contributed by atoms with Crippen molar-refractivity contribution >= 4 is 34.1 Å². The third-order valence-corrected chi connectivity index (χ3v) is 8.37. The van der Waals surface area contributed by atoms with Crippen LogP contribution in [0.3, 0.4) is 0 Å². The van der Waals surface area contributed by atoms with Crippen LogP contribution in [-0.2, 0) is 22.3 Å². The van der Waals surface area contributed by atoms with Crippen LogP contribution in [0.2, 0.25) is 0 Å². The molecule has 1 aromatic carbocycles. The number of hydrogen-bond donors (Lipinski definition) is 2. The monoisotopic (exact) mass is 612 g/mol. The van der Waals surface area contributed by atoms with Crippen LogP contribution in [0.4, 0.5) is 38.7 Å². The molecule has 4 heterocycles. The van der Waals surface area contributed by atoms with E-state index >= 15 is 4.39 Å². The van der Waals surface area contributed by atoms with Crippen molar-refractivity contribution in [2.75, 3.05) is 36.5 Å². The van der Waals surface area contributed by atoms with Gasteiger partial charge in [0.1, 0.15) is 18.8 Å². The number of thiazole rings is 1. The molecule has 2 saturated heterocycles. The number of alkyl halides is 3. The zero-order chi connectivity index (χ0) is 30.0. The fourth-order valence-electron chi connectivity index (χ4n) is 5.23. The second kappa shape index (κ2) is 12.4. The van der Waals surface area contributed by atoms with Crippen LogP contribution in [0.5, 0.6) is 0 Å². The molecule has 42 heavy (non-hydrogen) atoms. The van der Waals surface area contributed by atoms with Gasteiger partial charge in [-0.25, -0.2) is 24.1 Å². The molecule has 2 aliphatic heterocycles. The predicted molar refractivity (Wildman–Crippen MR) is 146 cm³/mol. The number of aliphatic carboxylic acids is 1. The van der Waals surface area contributed by atoms with Gasteiger partial charge in [-0.1, -0.05) is 11.3 Å². The minimum Gasteiger partial charge on any atom is -0.480 e. The van der Waals surface area contributed by atoms with Crippen molar-refractivity contribution in [2.45, 2.75) is 57.5 Å². The molecule has 0 bridgehead atoms. The Morgan fingerprint density at radius 3 is 2.57 bits per heavy atom. The van der Waals surface area contributed by atoms with Crippen LogP contribution in [-0.4, -0.2) is 69.3 Å². The minimum absolute atomic E-state index is 0.0229. The third kappa shape index (κ3) is 6.95. The Morgan fingerprint density at radius 1 is 1.14 bits per heavy atom. The Bertz CT molecular complexity index is 1430. The van der Waals surface area contributed by atoms with E-state index in [-0.39, 0.29) is 40.2 Å². The number of hydrogen-bond acceptors (Lipinski definition) is 9. The number of piperidine rings is 1. The predicted octanol–water partition coefficient (Wildman–Crippen LogP) is 5.70. The summed E-state index contributed by atoms with van der Waals surface area (Å²) in [4.78, 5) is 27.8. The molecule has 0 amide bonds. The number of likely N-dealkylation sites (tertiary alicyclic amines) is 1. The molecule has 1 atom stereocenters. The van der Waals surface area contributed by atoms with Crippen molar-refractivity contribution in [2.24, 2.45) is 0 Å². The number of nitrogens with zero attached hydrogens (tertiary/aromatic N) is 5. The first-order chi connectivity index (χ1) is 20.0. The molecule has 2 aliphatic rings. The topological polar surface area (TPSA) is 104 Å². The number of benzene rings is 1. The summed E-state index contributed by atoms with van der Waals surface area (Å²) in [6.45, 7) is 3.64. The molecular formula is C27H29F5N6O3S. The lowest BCUT2D eigenvalue weighted by atomic mass is 10.1. The van der Waals surface area contributed by atoms with E-state index in [0.717, 1.165) is 42.9 Å².